The van der Waals surface area contributed by atoms with Gasteiger partial charge in [0.05, 0.1) is 0 Å². The van der Waals surface area contributed by atoms with Gasteiger partial charge in [-0.05, 0) is 40.0 Å². The minimum absolute atomic E-state index is 0.690. The second-order valence-electron chi connectivity index (χ2n) is 7.57. The predicted octanol–water partition coefficient (Wildman–Crippen LogP) is 1.91. The van der Waals surface area contributed by atoms with Gasteiger partial charge in [0, 0.05) is 63.4 Å². The Labute approximate surface area is 138 Å². The maximum absolute atomic E-state index is 3.71. The predicted molar refractivity (Wildman–Crippen MR) is 95.5 cm³/mol. The van der Waals surface area contributed by atoms with Crippen LogP contribution in [0.4, 0.5) is 0 Å². The van der Waals surface area contributed by atoms with Crippen molar-refractivity contribution in [1.29, 1.82) is 0 Å². The normalized spacial score (nSPS) is 29.9. The highest BCUT2D eigenvalue weighted by atomic mass is 15.2. The van der Waals surface area contributed by atoms with Crippen molar-refractivity contribution >= 4 is 0 Å². The van der Waals surface area contributed by atoms with E-state index in [1.54, 1.807) is 0 Å². The fourth-order valence-electron chi connectivity index (χ4n) is 3.88. The molecule has 0 saturated carbocycles. The molecule has 0 aliphatic carbocycles. The molecule has 2 rings (SSSR count). The minimum atomic E-state index is 0.690. The van der Waals surface area contributed by atoms with Gasteiger partial charge in [0.1, 0.15) is 0 Å². The van der Waals surface area contributed by atoms with Crippen LogP contribution in [0.3, 0.4) is 0 Å². The fraction of sp³-hybridized carbons (Fsp3) is 1.00. The van der Waals surface area contributed by atoms with Crippen molar-refractivity contribution in [3.05, 3.63) is 0 Å². The molecule has 2 aliphatic heterocycles. The van der Waals surface area contributed by atoms with Crippen LogP contribution in [-0.2, 0) is 0 Å². The molecule has 130 valence electrons. The first kappa shape index (κ1) is 18.2. The smallest absolute Gasteiger partial charge is 0.0195 e. The standard InChI is InChI=1S/C18H38N4/c1-5-17-13-22(12-10-19-17)16(4)7-6-8-18-14-21(15(2)3)11-9-20-18/h15-20H,5-14H2,1-4H3/t16-,17+,18-/m1/s1. The molecule has 0 radical (unpaired) electrons. The van der Waals surface area contributed by atoms with E-state index in [0.29, 0.717) is 18.1 Å². The van der Waals surface area contributed by atoms with Gasteiger partial charge in [0.2, 0.25) is 0 Å². The maximum atomic E-state index is 3.71. The van der Waals surface area contributed by atoms with Crippen LogP contribution in [0.5, 0.6) is 0 Å². The SMILES string of the molecule is CC[C@H]1CN([C@H](C)CCC[C@@H]2CN(C(C)C)CCN2)CCN1. The Morgan fingerprint density at radius 2 is 1.59 bits per heavy atom. The molecule has 3 atom stereocenters. The second-order valence-corrected chi connectivity index (χ2v) is 7.57. The average Bonchev–Trinajstić information content (AvgIpc) is 2.55. The van der Waals surface area contributed by atoms with Gasteiger partial charge in [-0.3, -0.25) is 9.80 Å². The van der Waals surface area contributed by atoms with Gasteiger partial charge in [-0.15, -0.1) is 0 Å². The molecule has 0 aromatic carbocycles. The summed E-state index contributed by atoms with van der Waals surface area (Å²) in [5, 5.41) is 7.33. The summed E-state index contributed by atoms with van der Waals surface area (Å²) < 4.78 is 0. The van der Waals surface area contributed by atoms with Crippen molar-refractivity contribution in [3.63, 3.8) is 0 Å². The van der Waals surface area contributed by atoms with E-state index in [-0.39, 0.29) is 0 Å². The van der Waals surface area contributed by atoms with E-state index in [9.17, 15) is 0 Å². The quantitative estimate of drug-likeness (QED) is 0.752. The number of hydrogen-bond donors (Lipinski definition) is 2. The summed E-state index contributed by atoms with van der Waals surface area (Å²) in [7, 11) is 0. The Morgan fingerprint density at radius 3 is 2.27 bits per heavy atom. The summed E-state index contributed by atoms with van der Waals surface area (Å²) in [6.45, 7) is 16.6. The average molecular weight is 311 g/mol. The number of rotatable bonds is 7. The number of hydrogen-bond acceptors (Lipinski definition) is 4. The lowest BCUT2D eigenvalue weighted by Gasteiger charge is -2.38. The van der Waals surface area contributed by atoms with Crippen LogP contribution in [0.25, 0.3) is 0 Å². The molecule has 0 unspecified atom stereocenters. The monoisotopic (exact) mass is 310 g/mol. The zero-order valence-electron chi connectivity index (χ0n) is 15.3. The Hall–Kier alpha value is -0.160. The van der Waals surface area contributed by atoms with E-state index >= 15 is 0 Å². The maximum Gasteiger partial charge on any atom is 0.0195 e. The Kier molecular flexibility index (Phi) is 7.61. The van der Waals surface area contributed by atoms with Crippen LogP contribution < -0.4 is 10.6 Å². The van der Waals surface area contributed by atoms with Crippen LogP contribution >= 0.6 is 0 Å². The molecular weight excluding hydrogens is 272 g/mol. The number of nitrogens with zero attached hydrogens (tertiary/aromatic N) is 2. The van der Waals surface area contributed by atoms with Gasteiger partial charge in [0.25, 0.3) is 0 Å². The molecule has 0 bridgehead atoms. The molecular formula is C18H38N4. The van der Waals surface area contributed by atoms with Crippen molar-refractivity contribution in [1.82, 2.24) is 20.4 Å². The lowest BCUT2D eigenvalue weighted by molar-refractivity contribution is 0.135. The van der Waals surface area contributed by atoms with Crippen LogP contribution in [0.1, 0.15) is 53.4 Å². The highest BCUT2D eigenvalue weighted by Gasteiger charge is 2.23. The fourth-order valence-corrected chi connectivity index (χ4v) is 3.88. The molecule has 22 heavy (non-hydrogen) atoms. The van der Waals surface area contributed by atoms with Gasteiger partial charge in [-0.2, -0.15) is 0 Å². The van der Waals surface area contributed by atoms with Gasteiger partial charge in [0.15, 0.2) is 0 Å². The summed E-state index contributed by atoms with van der Waals surface area (Å²) in [6.07, 6.45) is 5.28. The van der Waals surface area contributed by atoms with Crippen molar-refractivity contribution in [3.8, 4) is 0 Å². The van der Waals surface area contributed by atoms with Gasteiger partial charge in [-0.1, -0.05) is 13.3 Å². The molecule has 4 heteroatoms. The van der Waals surface area contributed by atoms with E-state index < -0.39 is 0 Å². The molecule has 0 spiro atoms. The zero-order chi connectivity index (χ0) is 15.9. The van der Waals surface area contributed by atoms with E-state index in [4.69, 9.17) is 0 Å². The number of nitrogens with one attached hydrogen (secondary N) is 2. The van der Waals surface area contributed by atoms with Gasteiger partial charge < -0.3 is 10.6 Å². The third-order valence-electron chi connectivity index (χ3n) is 5.59. The van der Waals surface area contributed by atoms with Crippen molar-refractivity contribution in [2.75, 3.05) is 39.3 Å². The van der Waals surface area contributed by atoms with Crippen LogP contribution in [0.15, 0.2) is 0 Å². The van der Waals surface area contributed by atoms with Crippen molar-refractivity contribution in [2.45, 2.75) is 77.5 Å². The highest BCUT2D eigenvalue weighted by molar-refractivity contribution is 4.83. The van der Waals surface area contributed by atoms with Crippen LogP contribution in [0, 0.1) is 0 Å². The molecule has 2 N–H and O–H groups in total. The van der Waals surface area contributed by atoms with Crippen LogP contribution in [0.2, 0.25) is 0 Å². The number of piperazine rings is 2. The summed E-state index contributed by atoms with van der Waals surface area (Å²) in [5.41, 5.74) is 0. The van der Waals surface area contributed by atoms with E-state index in [0.717, 1.165) is 19.1 Å². The molecule has 4 nitrogen and oxygen atoms in total. The molecule has 2 heterocycles. The second kappa shape index (κ2) is 9.21. The largest absolute Gasteiger partial charge is 0.311 e. The lowest BCUT2D eigenvalue weighted by Crippen LogP contribution is -2.53. The zero-order valence-corrected chi connectivity index (χ0v) is 15.3. The molecule has 0 amide bonds. The molecule has 2 fully saturated rings. The molecule has 2 saturated heterocycles. The first-order chi connectivity index (χ1) is 10.6. The Bertz CT molecular complexity index is 307. The first-order valence-corrected chi connectivity index (χ1v) is 9.55. The lowest BCUT2D eigenvalue weighted by atomic mass is 10.0. The van der Waals surface area contributed by atoms with Gasteiger partial charge in [-0.25, -0.2) is 0 Å². The summed E-state index contributed by atoms with van der Waals surface area (Å²) in [6, 6.07) is 2.84. The molecule has 0 aromatic rings. The Morgan fingerprint density at radius 1 is 0.955 bits per heavy atom. The van der Waals surface area contributed by atoms with Gasteiger partial charge >= 0.3 is 0 Å². The van der Waals surface area contributed by atoms with E-state index in [2.05, 4.69) is 48.1 Å². The summed E-state index contributed by atoms with van der Waals surface area (Å²) >= 11 is 0. The minimum Gasteiger partial charge on any atom is -0.311 e. The third kappa shape index (κ3) is 5.48. The first-order valence-electron chi connectivity index (χ1n) is 9.55. The van der Waals surface area contributed by atoms with E-state index in [1.807, 2.05) is 0 Å². The molecule has 2 aliphatic rings. The summed E-state index contributed by atoms with van der Waals surface area (Å²) in [5.74, 6) is 0. The Balaban J connectivity index is 1.65. The molecule has 0 aromatic heterocycles. The van der Waals surface area contributed by atoms with Crippen LogP contribution in [-0.4, -0.2) is 73.2 Å². The van der Waals surface area contributed by atoms with Crippen molar-refractivity contribution in [2.24, 2.45) is 0 Å². The highest BCUT2D eigenvalue weighted by Crippen LogP contribution is 2.15. The summed E-state index contributed by atoms with van der Waals surface area (Å²) in [4.78, 5) is 5.31. The third-order valence-corrected chi connectivity index (χ3v) is 5.59. The topological polar surface area (TPSA) is 30.5 Å². The van der Waals surface area contributed by atoms with Crippen molar-refractivity contribution < 1.29 is 0 Å². The van der Waals surface area contributed by atoms with E-state index in [1.165, 1.54) is 51.9 Å².